The van der Waals surface area contributed by atoms with Crippen molar-refractivity contribution in [1.82, 2.24) is 0 Å². The topological polar surface area (TPSA) is 75.6 Å². The van der Waals surface area contributed by atoms with E-state index in [1.165, 1.54) is 0 Å². The van der Waals surface area contributed by atoms with Crippen molar-refractivity contribution in [2.24, 2.45) is 0 Å². The van der Waals surface area contributed by atoms with E-state index < -0.39 is 41.7 Å². The monoisotopic (exact) mass is 524 g/mol. The molecule has 0 saturated carbocycles. The van der Waals surface area contributed by atoms with Gasteiger partial charge in [-0.2, -0.15) is 0 Å². The summed E-state index contributed by atoms with van der Waals surface area (Å²) in [6.07, 6.45) is -2.66. The van der Waals surface area contributed by atoms with Gasteiger partial charge in [-0.3, -0.25) is 0 Å². The number of rotatable bonds is 6. The summed E-state index contributed by atoms with van der Waals surface area (Å²) in [5.41, 5.74) is 1.81. The first-order valence-corrected chi connectivity index (χ1v) is 17.1. The van der Waals surface area contributed by atoms with Crippen LogP contribution in [0.2, 0.25) is 22.2 Å². The summed E-state index contributed by atoms with van der Waals surface area (Å²) >= 11 is 0. The van der Waals surface area contributed by atoms with Gasteiger partial charge in [-0.1, -0.05) is 85.7 Å². The molecule has 0 bridgehead atoms. The molecule has 0 aliphatic carbocycles. The molecular formula is C26H44O7Si2. The van der Waals surface area contributed by atoms with Gasteiger partial charge in [0, 0.05) is 5.56 Å². The minimum absolute atomic E-state index is 0.158. The predicted molar refractivity (Wildman–Crippen MR) is 138 cm³/mol. The lowest BCUT2D eigenvalue weighted by atomic mass is 9.94. The SMILES string of the molecule is CC(C)[Si]1(C(C)C)O[C@@H]2[C@@H](O[Si](C(C)C)(C(C)C)O1)[C@H](CO)O[C@@H]1CO[C@@H](c3ccccc3)O[C@@H]21. The van der Waals surface area contributed by atoms with Crippen LogP contribution in [0.5, 0.6) is 0 Å². The van der Waals surface area contributed by atoms with Crippen molar-refractivity contribution < 1.29 is 32.3 Å². The Balaban J connectivity index is 1.79. The van der Waals surface area contributed by atoms with Crippen molar-refractivity contribution in [2.75, 3.05) is 13.2 Å². The normalized spacial score (nSPS) is 34.7. The zero-order chi connectivity index (χ0) is 25.5. The van der Waals surface area contributed by atoms with Crippen LogP contribution in [0.1, 0.15) is 67.2 Å². The van der Waals surface area contributed by atoms with Crippen LogP contribution in [0.4, 0.5) is 0 Å². The number of ether oxygens (including phenoxy) is 3. The standard InChI is InChI=1S/C26H44O7Si2/c1-16(2)34(17(3)4)31-24-21(14-27)29-22-15-28-26(20-12-10-9-11-13-20)30-23(22)25(24)32-35(33-34,18(5)6)19(7)8/h9-13,16-19,21-27H,14-15H2,1-8H3/t21-,22+,23+,24-,25-,26+/m0/s1. The molecule has 3 heterocycles. The lowest BCUT2D eigenvalue weighted by Gasteiger charge is -2.50. The highest BCUT2D eigenvalue weighted by Crippen LogP contribution is 2.50. The smallest absolute Gasteiger partial charge is 0.335 e. The van der Waals surface area contributed by atoms with Crippen molar-refractivity contribution >= 4 is 17.1 Å². The van der Waals surface area contributed by atoms with Crippen LogP contribution < -0.4 is 0 Å². The van der Waals surface area contributed by atoms with Gasteiger partial charge in [0.1, 0.15) is 30.5 Å². The molecular weight excluding hydrogens is 480 g/mol. The summed E-state index contributed by atoms with van der Waals surface area (Å²) in [6, 6.07) is 9.96. The van der Waals surface area contributed by atoms with E-state index >= 15 is 0 Å². The van der Waals surface area contributed by atoms with Crippen molar-refractivity contribution in [1.29, 1.82) is 0 Å². The summed E-state index contributed by atoms with van der Waals surface area (Å²) < 4.78 is 40.7. The first kappa shape index (κ1) is 27.4. The van der Waals surface area contributed by atoms with E-state index in [0.717, 1.165) is 5.56 Å². The van der Waals surface area contributed by atoms with Gasteiger partial charge in [0.25, 0.3) is 0 Å². The maximum Gasteiger partial charge on any atom is 0.335 e. The first-order valence-electron chi connectivity index (χ1n) is 13.2. The zero-order valence-electron chi connectivity index (χ0n) is 22.5. The average Bonchev–Trinajstić information content (AvgIpc) is 3.01. The van der Waals surface area contributed by atoms with Crippen molar-refractivity contribution in [3.63, 3.8) is 0 Å². The Bertz CT molecular complexity index is 818. The van der Waals surface area contributed by atoms with E-state index in [0.29, 0.717) is 6.61 Å². The van der Waals surface area contributed by atoms with E-state index in [9.17, 15) is 5.11 Å². The van der Waals surface area contributed by atoms with Gasteiger partial charge in [-0.05, 0) is 22.2 Å². The lowest BCUT2D eigenvalue weighted by molar-refractivity contribution is -0.325. The maximum atomic E-state index is 10.4. The molecule has 0 radical (unpaired) electrons. The predicted octanol–water partition coefficient (Wildman–Crippen LogP) is 5.19. The van der Waals surface area contributed by atoms with E-state index in [2.05, 4.69) is 55.4 Å². The number of benzene rings is 1. The molecule has 0 aromatic heterocycles. The third kappa shape index (κ3) is 4.84. The van der Waals surface area contributed by atoms with E-state index in [4.69, 9.17) is 27.2 Å². The Morgan fingerprint density at radius 1 is 0.771 bits per heavy atom. The minimum Gasteiger partial charge on any atom is -0.414 e. The molecule has 4 rings (SSSR count). The summed E-state index contributed by atoms with van der Waals surface area (Å²) in [5.74, 6) is 0. The third-order valence-electron chi connectivity index (χ3n) is 7.85. The molecule has 6 atom stereocenters. The molecule has 9 heteroatoms. The Labute approximate surface area is 212 Å². The maximum absolute atomic E-state index is 10.4. The molecule has 7 nitrogen and oxygen atoms in total. The molecule has 1 N–H and O–H groups in total. The van der Waals surface area contributed by atoms with Gasteiger partial charge in [-0.25, -0.2) is 0 Å². The Morgan fingerprint density at radius 3 is 1.83 bits per heavy atom. The highest BCUT2D eigenvalue weighted by atomic mass is 28.5. The second kappa shape index (κ2) is 10.6. The Kier molecular flexibility index (Phi) is 8.32. The number of hydrogen-bond donors (Lipinski definition) is 1. The summed E-state index contributed by atoms with van der Waals surface area (Å²) in [4.78, 5) is 0. The quantitative estimate of drug-likeness (QED) is 0.514. The van der Waals surface area contributed by atoms with Crippen LogP contribution >= 0.6 is 0 Å². The van der Waals surface area contributed by atoms with Gasteiger partial charge in [0.15, 0.2) is 6.29 Å². The van der Waals surface area contributed by atoms with Crippen LogP contribution in [0.3, 0.4) is 0 Å². The van der Waals surface area contributed by atoms with Crippen molar-refractivity contribution in [3.05, 3.63) is 35.9 Å². The van der Waals surface area contributed by atoms with Crippen LogP contribution in [0.15, 0.2) is 30.3 Å². The average molecular weight is 525 g/mol. The number of fused-ring (bicyclic) bond motifs is 3. The summed E-state index contributed by atoms with van der Waals surface area (Å²) in [7, 11) is -5.59. The number of hydrogen-bond acceptors (Lipinski definition) is 7. The van der Waals surface area contributed by atoms with Gasteiger partial charge < -0.3 is 32.3 Å². The molecule has 3 fully saturated rings. The second-order valence-corrected chi connectivity index (χ2v) is 20.2. The van der Waals surface area contributed by atoms with Crippen LogP contribution in [0, 0.1) is 0 Å². The highest BCUT2D eigenvalue weighted by Gasteiger charge is 2.65. The molecule has 0 unspecified atom stereocenters. The fourth-order valence-corrected chi connectivity index (χ4v) is 17.2. The van der Waals surface area contributed by atoms with E-state index in [1.807, 2.05) is 30.3 Å². The minimum atomic E-state index is -2.80. The lowest BCUT2D eigenvalue weighted by Crippen LogP contribution is -2.66. The van der Waals surface area contributed by atoms with Gasteiger partial charge in [0.2, 0.25) is 0 Å². The zero-order valence-corrected chi connectivity index (χ0v) is 24.5. The Morgan fingerprint density at radius 2 is 1.31 bits per heavy atom. The fourth-order valence-electron chi connectivity index (χ4n) is 5.93. The first-order chi connectivity index (χ1) is 16.6. The molecule has 3 saturated heterocycles. The van der Waals surface area contributed by atoms with Crippen LogP contribution in [-0.2, 0) is 27.2 Å². The van der Waals surface area contributed by atoms with Crippen LogP contribution in [-0.4, -0.2) is 66.0 Å². The van der Waals surface area contributed by atoms with Gasteiger partial charge >= 0.3 is 17.1 Å². The third-order valence-corrected chi connectivity index (χ3v) is 18.1. The van der Waals surface area contributed by atoms with Crippen molar-refractivity contribution in [2.45, 2.75) is 114 Å². The van der Waals surface area contributed by atoms with E-state index in [1.54, 1.807) is 0 Å². The van der Waals surface area contributed by atoms with Crippen molar-refractivity contribution in [3.8, 4) is 0 Å². The number of aliphatic hydroxyl groups is 1. The molecule has 0 amide bonds. The second-order valence-electron chi connectivity index (χ2n) is 11.4. The molecule has 3 aliphatic rings. The van der Waals surface area contributed by atoms with Gasteiger partial charge in [-0.15, -0.1) is 0 Å². The molecule has 35 heavy (non-hydrogen) atoms. The molecule has 198 valence electrons. The molecule has 0 spiro atoms. The molecule has 1 aromatic carbocycles. The molecule has 3 aliphatic heterocycles. The Hall–Kier alpha value is -0.626. The molecule has 1 aromatic rings. The largest absolute Gasteiger partial charge is 0.414 e. The summed E-state index contributed by atoms with van der Waals surface area (Å²) in [6.45, 7) is 17.8. The summed E-state index contributed by atoms with van der Waals surface area (Å²) in [5, 5.41) is 10.4. The highest BCUT2D eigenvalue weighted by molar-refractivity contribution is 6.84. The van der Waals surface area contributed by atoms with E-state index in [-0.39, 0.29) is 41.0 Å². The van der Waals surface area contributed by atoms with Crippen LogP contribution in [0.25, 0.3) is 0 Å². The fraction of sp³-hybridized carbons (Fsp3) is 0.769. The van der Waals surface area contributed by atoms with Gasteiger partial charge in [0.05, 0.1) is 13.2 Å². The number of aliphatic hydroxyl groups excluding tert-OH is 1.